The zero-order chi connectivity index (χ0) is 22.4. The van der Waals surface area contributed by atoms with Crippen LogP contribution in [0.1, 0.15) is 40.7 Å². The van der Waals surface area contributed by atoms with Gasteiger partial charge in [0, 0.05) is 28.9 Å². The van der Waals surface area contributed by atoms with Gasteiger partial charge in [-0.25, -0.2) is 9.37 Å². The Kier molecular flexibility index (Phi) is 4.73. The monoisotopic (exact) mass is 432 g/mol. The Bertz CT molecular complexity index is 1320. The lowest BCUT2D eigenvalue weighted by molar-refractivity contribution is -0.118. The number of hydrogen-bond acceptors (Lipinski definition) is 5. The van der Waals surface area contributed by atoms with E-state index in [0.717, 1.165) is 18.4 Å². The van der Waals surface area contributed by atoms with Crippen LogP contribution in [0.15, 0.2) is 48.3 Å². The Morgan fingerprint density at radius 3 is 2.84 bits per heavy atom. The summed E-state index contributed by atoms with van der Waals surface area (Å²) >= 11 is 0. The molecule has 0 unspecified atom stereocenters. The highest BCUT2D eigenvalue weighted by atomic mass is 19.1. The summed E-state index contributed by atoms with van der Waals surface area (Å²) in [6, 6.07) is 6.39. The minimum atomic E-state index is -0.462. The van der Waals surface area contributed by atoms with Crippen LogP contribution in [0.25, 0.3) is 11.7 Å². The molecule has 1 aliphatic heterocycles. The first-order valence-electron chi connectivity index (χ1n) is 10.3. The molecule has 2 fully saturated rings. The molecule has 2 aromatic heterocycles. The predicted octanol–water partition coefficient (Wildman–Crippen LogP) is 3.42. The summed E-state index contributed by atoms with van der Waals surface area (Å²) in [6.45, 7) is 5.51. The number of hydrogen-bond donors (Lipinski definition) is 3. The first-order valence-corrected chi connectivity index (χ1v) is 10.3. The number of benzene rings is 1. The molecule has 162 valence electrons. The van der Waals surface area contributed by atoms with Crippen molar-refractivity contribution in [2.24, 2.45) is 0 Å². The molecule has 2 aliphatic rings. The van der Waals surface area contributed by atoms with Crippen molar-refractivity contribution >= 4 is 35.2 Å². The molecule has 3 aromatic rings. The molecule has 1 saturated heterocycles. The highest BCUT2D eigenvalue weighted by Gasteiger charge is 2.24. The maximum Gasteiger partial charge on any atom is 0.256 e. The molecular weight excluding hydrogens is 411 g/mol. The number of fused-ring (bicyclic) bond motifs is 1. The number of halogens is 1. The summed E-state index contributed by atoms with van der Waals surface area (Å²) in [5.74, 6) is -0.0171. The average molecular weight is 432 g/mol. The quantitative estimate of drug-likeness (QED) is 0.574. The molecular formula is C23H21FN6O2. The smallest absolute Gasteiger partial charge is 0.256 e. The summed E-state index contributed by atoms with van der Waals surface area (Å²) in [7, 11) is 0. The molecule has 1 aromatic carbocycles. The van der Waals surface area contributed by atoms with Crippen LogP contribution >= 0.6 is 0 Å². The van der Waals surface area contributed by atoms with Crippen molar-refractivity contribution in [2.75, 3.05) is 10.6 Å². The molecule has 0 radical (unpaired) electrons. The molecule has 3 N–H and O–H groups in total. The number of allylic oxidation sites excluding steroid dienone is 1. The third kappa shape index (κ3) is 3.84. The minimum absolute atomic E-state index is 0.111. The molecule has 8 nitrogen and oxygen atoms in total. The fourth-order valence-corrected chi connectivity index (χ4v) is 3.51. The molecule has 0 atom stereocenters. The van der Waals surface area contributed by atoms with Crippen molar-refractivity contribution in [3.8, 4) is 0 Å². The Labute approximate surface area is 183 Å². The normalized spacial score (nSPS) is 17.1. The van der Waals surface area contributed by atoms with Gasteiger partial charge in [0.15, 0.2) is 5.65 Å². The second kappa shape index (κ2) is 7.60. The predicted molar refractivity (Wildman–Crippen MR) is 119 cm³/mol. The van der Waals surface area contributed by atoms with Gasteiger partial charge in [-0.05, 0) is 49.1 Å². The van der Waals surface area contributed by atoms with Crippen molar-refractivity contribution in [3.05, 3.63) is 70.8 Å². The summed E-state index contributed by atoms with van der Waals surface area (Å²) in [5.41, 5.74) is 3.18. The van der Waals surface area contributed by atoms with E-state index in [2.05, 4.69) is 32.6 Å². The van der Waals surface area contributed by atoms with Gasteiger partial charge >= 0.3 is 0 Å². The number of carbonyl (C=O) groups excluding carboxylic acids is 2. The van der Waals surface area contributed by atoms with E-state index >= 15 is 0 Å². The molecule has 0 bridgehead atoms. The maximum absolute atomic E-state index is 13.9. The average Bonchev–Trinajstić information content (AvgIpc) is 3.38. The summed E-state index contributed by atoms with van der Waals surface area (Å²) in [4.78, 5) is 28.9. The van der Waals surface area contributed by atoms with Gasteiger partial charge < -0.3 is 16.0 Å². The molecule has 3 heterocycles. The standard InChI is InChI=1S/C23H21FN6O2/c1-12-3-4-14(8-18(12)24)23(32)29-19-10-20(27-17-5-6-17)30-22(28-19)16(11-25-30)7-15-9-21(31)26-13(15)2/h3-4,7-8,10-11,17,27H,2,5-6,9H2,1H3,(H,26,31)(H,28,29,32)/b15-7+. The lowest BCUT2D eigenvalue weighted by atomic mass is 10.1. The molecule has 2 amide bonds. The molecule has 1 saturated carbocycles. The zero-order valence-corrected chi connectivity index (χ0v) is 17.4. The van der Waals surface area contributed by atoms with E-state index in [4.69, 9.17) is 0 Å². The van der Waals surface area contributed by atoms with Crippen LogP contribution in [-0.2, 0) is 4.79 Å². The lowest BCUT2D eigenvalue weighted by Crippen LogP contribution is -2.15. The molecule has 5 rings (SSSR count). The number of anilines is 2. The van der Waals surface area contributed by atoms with E-state index in [1.807, 2.05) is 6.08 Å². The minimum Gasteiger partial charge on any atom is -0.367 e. The van der Waals surface area contributed by atoms with E-state index in [1.54, 1.807) is 35.8 Å². The topological polar surface area (TPSA) is 100 Å². The van der Waals surface area contributed by atoms with Crippen LogP contribution < -0.4 is 16.0 Å². The molecule has 32 heavy (non-hydrogen) atoms. The van der Waals surface area contributed by atoms with Gasteiger partial charge in [-0.15, -0.1) is 0 Å². The number of carbonyl (C=O) groups is 2. The number of nitrogens with one attached hydrogen (secondary N) is 3. The van der Waals surface area contributed by atoms with Gasteiger partial charge in [0.2, 0.25) is 5.91 Å². The van der Waals surface area contributed by atoms with E-state index in [0.29, 0.717) is 40.1 Å². The van der Waals surface area contributed by atoms with Gasteiger partial charge in [0.05, 0.1) is 12.6 Å². The number of aromatic nitrogens is 3. The third-order valence-corrected chi connectivity index (χ3v) is 5.46. The van der Waals surface area contributed by atoms with Crippen LogP contribution in [0.4, 0.5) is 16.0 Å². The van der Waals surface area contributed by atoms with E-state index in [-0.39, 0.29) is 17.9 Å². The van der Waals surface area contributed by atoms with Gasteiger partial charge in [-0.3, -0.25) is 9.59 Å². The van der Waals surface area contributed by atoms with Crippen molar-refractivity contribution < 1.29 is 14.0 Å². The molecule has 0 spiro atoms. The Balaban J connectivity index is 1.52. The fourth-order valence-electron chi connectivity index (χ4n) is 3.51. The van der Waals surface area contributed by atoms with E-state index in [1.165, 1.54) is 6.07 Å². The number of aryl methyl sites for hydroxylation is 1. The number of rotatable bonds is 5. The molecule has 9 heteroatoms. The highest BCUT2D eigenvalue weighted by molar-refractivity contribution is 6.04. The van der Waals surface area contributed by atoms with Crippen LogP contribution in [0.2, 0.25) is 0 Å². The van der Waals surface area contributed by atoms with Gasteiger partial charge in [0.1, 0.15) is 17.5 Å². The van der Waals surface area contributed by atoms with Crippen LogP contribution in [0.3, 0.4) is 0 Å². The fraction of sp³-hybridized carbons (Fsp3) is 0.217. The van der Waals surface area contributed by atoms with Crippen molar-refractivity contribution in [3.63, 3.8) is 0 Å². The SMILES string of the molecule is C=C1NC(=O)C/C1=C\c1cnn2c(NC3CC3)cc(NC(=O)c3ccc(C)c(F)c3)nc12. The molecule has 1 aliphatic carbocycles. The lowest BCUT2D eigenvalue weighted by Gasteiger charge is -2.11. The Hall–Kier alpha value is -4.01. The van der Waals surface area contributed by atoms with E-state index in [9.17, 15) is 14.0 Å². The van der Waals surface area contributed by atoms with Crippen LogP contribution in [0.5, 0.6) is 0 Å². The first kappa shape index (κ1) is 19.9. The van der Waals surface area contributed by atoms with Crippen molar-refractivity contribution in [2.45, 2.75) is 32.2 Å². The van der Waals surface area contributed by atoms with Crippen LogP contribution in [-0.4, -0.2) is 32.5 Å². The van der Waals surface area contributed by atoms with Crippen LogP contribution in [0, 0.1) is 12.7 Å². The van der Waals surface area contributed by atoms with Gasteiger partial charge in [-0.1, -0.05) is 12.6 Å². The summed E-state index contributed by atoms with van der Waals surface area (Å²) < 4.78 is 15.6. The Morgan fingerprint density at radius 1 is 1.34 bits per heavy atom. The van der Waals surface area contributed by atoms with Gasteiger partial charge in [0.25, 0.3) is 5.91 Å². The van der Waals surface area contributed by atoms with E-state index < -0.39 is 11.7 Å². The number of amides is 2. The maximum atomic E-state index is 13.9. The van der Waals surface area contributed by atoms with Gasteiger partial charge in [-0.2, -0.15) is 9.61 Å². The second-order valence-corrected chi connectivity index (χ2v) is 8.07. The first-order chi connectivity index (χ1) is 15.4. The zero-order valence-electron chi connectivity index (χ0n) is 17.4. The number of nitrogens with zero attached hydrogens (tertiary/aromatic N) is 3. The second-order valence-electron chi connectivity index (χ2n) is 8.07. The summed E-state index contributed by atoms with van der Waals surface area (Å²) in [5, 5.41) is 13.3. The summed E-state index contributed by atoms with van der Waals surface area (Å²) in [6.07, 6.45) is 5.82. The highest BCUT2D eigenvalue weighted by Crippen LogP contribution is 2.29. The Morgan fingerprint density at radius 2 is 2.16 bits per heavy atom. The van der Waals surface area contributed by atoms with Crippen molar-refractivity contribution in [1.29, 1.82) is 0 Å². The van der Waals surface area contributed by atoms with Crippen molar-refractivity contribution in [1.82, 2.24) is 19.9 Å². The third-order valence-electron chi connectivity index (χ3n) is 5.46. The largest absolute Gasteiger partial charge is 0.367 e.